The minimum Gasteiger partial charge on any atom is -0.476 e. The van der Waals surface area contributed by atoms with Crippen LogP contribution in [0.3, 0.4) is 0 Å². The van der Waals surface area contributed by atoms with E-state index in [4.69, 9.17) is 5.73 Å². The molecule has 0 aromatic carbocycles. The van der Waals surface area contributed by atoms with Crippen LogP contribution in [0, 0.1) is 0 Å². The molecular formula is C11H10N6O2. The first kappa shape index (κ1) is 11.2. The number of carboxylic acid groups (broad SMARTS) is 1. The van der Waals surface area contributed by atoms with E-state index in [0.717, 1.165) is 0 Å². The summed E-state index contributed by atoms with van der Waals surface area (Å²) in [5, 5.41) is 17.3. The van der Waals surface area contributed by atoms with E-state index in [1.807, 2.05) is 0 Å². The SMILES string of the molecule is Cn1cc(-c2ccc3nc(N)nn3c2C(=O)O)cn1. The number of pyridine rings is 1. The molecule has 0 unspecified atom stereocenters. The largest absolute Gasteiger partial charge is 0.476 e. The van der Waals surface area contributed by atoms with Crippen molar-refractivity contribution in [1.82, 2.24) is 24.4 Å². The highest BCUT2D eigenvalue weighted by Gasteiger charge is 2.19. The van der Waals surface area contributed by atoms with Crippen LogP contribution in [0.25, 0.3) is 16.8 Å². The predicted octanol–water partition coefficient (Wildman–Crippen LogP) is 0.410. The molecule has 0 aliphatic rings. The van der Waals surface area contributed by atoms with Crippen LogP contribution in [0.15, 0.2) is 24.5 Å². The van der Waals surface area contributed by atoms with Gasteiger partial charge >= 0.3 is 5.97 Å². The molecule has 0 bridgehead atoms. The van der Waals surface area contributed by atoms with E-state index < -0.39 is 5.97 Å². The molecule has 0 aliphatic heterocycles. The summed E-state index contributed by atoms with van der Waals surface area (Å²) in [6.45, 7) is 0. The zero-order chi connectivity index (χ0) is 13.6. The molecule has 8 nitrogen and oxygen atoms in total. The first-order valence-electron chi connectivity index (χ1n) is 5.44. The Hall–Kier alpha value is -2.90. The Balaban J connectivity index is 2.35. The lowest BCUT2D eigenvalue weighted by Gasteiger charge is -2.05. The molecule has 3 aromatic rings. The summed E-state index contributed by atoms with van der Waals surface area (Å²) >= 11 is 0. The van der Waals surface area contributed by atoms with Gasteiger partial charge in [0.2, 0.25) is 5.95 Å². The van der Waals surface area contributed by atoms with Crippen LogP contribution in [0.2, 0.25) is 0 Å². The molecule has 3 heterocycles. The van der Waals surface area contributed by atoms with Gasteiger partial charge in [0, 0.05) is 24.4 Å². The minimum atomic E-state index is -1.10. The van der Waals surface area contributed by atoms with Crippen molar-refractivity contribution in [2.24, 2.45) is 7.05 Å². The third-order valence-corrected chi connectivity index (χ3v) is 2.73. The Morgan fingerprint density at radius 2 is 2.21 bits per heavy atom. The van der Waals surface area contributed by atoms with Crippen LogP contribution in [0.4, 0.5) is 5.95 Å². The van der Waals surface area contributed by atoms with Crippen LogP contribution in [0.5, 0.6) is 0 Å². The smallest absolute Gasteiger partial charge is 0.355 e. The number of rotatable bonds is 2. The number of aryl methyl sites for hydroxylation is 1. The third kappa shape index (κ3) is 1.69. The molecule has 0 aliphatic carbocycles. The van der Waals surface area contributed by atoms with Crippen molar-refractivity contribution in [3.8, 4) is 11.1 Å². The zero-order valence-electron chi connectivity index (χ0n) is 9.98. The summed E-state index contributed by atoms with van der Waals surface area (Å²) in [6, 6.07) is 3.34. The average Bonchev–Trinajstić information content (AvgIpc) is 2.92. The van der Waals surface area contributed by atoms with Gasteiger partial charge in [-0.1, -0.05) is 0 Å². The quantitative estimate of drug-likeness (QED) is 0.688. The highest BCUT2D eigenvalue weighted by atomic mass is 16.4. The van der Waals surface area contributed by atoms with Gasteiger partial charge in [0.25, 0.3) is 0 Å². The van der Waals surface area contributed by atoms with Crippen molar-refractivity contribution in [1.29, 1.82) is 0 Å². The number of nitrogen functional groups attached to an aromatic ring is 1. The molecule has 0 amide bonds. The van der Waals surface area contributed by atoms with Gasteiger partial charge < -0.3 is 10.8 Å². The fraction of sp³-hybridized carbons (Fsp3) is 0.0909. The highest BCUT2D eigenvalue weighted by Crippen LogP contribution is 2.24. The van der Waals surface area contributed by atoms with Gasteiger partial charge in [0.05, 0.1) is 6.20 Å². The van der Waals surface area contributed by atoms with Gasteiger partial charge in [-0.05, 0) is 12.1 Å². The summed E-state index contributed by atoms with van der Waals surface area (Å²) in [5.41, 5.74) is 7.10. The van der Waals surface area contributed by atoms with Gasteiger partial charge in [0.15, 0.2) is 11.3 Å². The number of fused-ring (bicyclic) bond motifs is 1. The highest BCUT2D eigenvalue weighted by molar-refractivity contribution is 5.94. The number of carbonyl (C=O) groups is 1. The molecule has 8 heteroatoms. The molecule has 0 atom stereocenters. The summed E-state index contributed by atoms with van der Waals surface area (Å²) in [5.74, 6) is -1.07. The number of aromatic carboxylic acids is 1. The molecule has 0 saturated carbocycles. The molecule has 0 fully saturated rings. The second-order valence-electron chi connectivity index (χ2n) is 4.04. The van der Waals surface area contributed by atoms with Gasteiger partial charge in [-0.2, -0.15) is 10.1 Å². The van der Waals surface area contributed by atoms with Crippen LogP contribution < -0.4 is 5.73 Å². The molecule has 0 spiro atoms. The first-order valence-corrected chi connectivity index (χ1v) is 5.44. The molecular weight excluding hydrogens is 248 g/mol. The normalized spacial score (nSPS) is 11.0. The van der Waals surface area contributed by atoms with E-state index in [-0.39, 0.29) is 11.6 Å². The average molecular weight is 258 g/mol. The number of nitrogens with zero attached hydrogens (tertiary/aromatic N) is 5. The van der Waals surface area contributed by atoms with Crippen LogP contribution in [0.1, 0.15) is 10.5 Å². The standard InChI is InChI=1S/C11H10N6O2/c1-16-5-6(4-13-16)7-2-3-8-14-11(12)15-17(8)9(7)10(18)19/h2-5H,1H3,(H2,12,15)(H,18,19). The predicted molar refractivity (Wildman–Crippen MR) is 66.6 cm³/mol. The van der Waals surface area contributed by atoms with Gasteiger partial charge in [-0.3, -0.25) is 4.68 Å². The Morgan fingerprint density at radius 3 is 2.84 bits per heavy atom. The molecule has 3 rings (SSSR count). The van der Waals surface area contributed by atoms with Crippen LogP contribution in [-0.2, 0) is 7.05 Å². The summed E-state index contributed by atoms with van der Waals surface area (Å²) < 4.78 is 2.82. The maximum absolute atomic E-state index is 11.5. The minimum absolute atomic E-state index is 0.00898. The van der Waals surface area contributed by atoms with Crippen LogP contribution >= 0.6 is 0 Å². The number of hydrogen-bond donors (Lipinski definition) is 2. The molecule has 0 radical (unpaired) electrons. The monoisotopic (exact) mass is 258 g/mol. The lowest BCUT2D eigenvalue weighted by Crippen LogP contribution is -2.08. The first-order chi connectivity index (χ1) is 9.06. The fourth-order valence-electron chi connectivity index (χ4n) is 1.96. The van der Waals surface area contributed by atoms with E-state index in [1.54, 1.807) is 36.3 Å². The van der Waals surface area contributed by atoms with Crippen molar-refractivity contribution in [2.45, 2.75) is 0 Å². The molecule has 0 saturated heterocycles. The van der Waals surface area contributed by atoms with Crippen molar-refractivity contribution in [3.63, 3.8) is 0 Å². The lowest BCUT2D eigenvalue weighted by atomic mass is 10.1. The fourth-order valence-corrected chi connectivity index (χ4v) is 1.96. The lowest BCUT2D eigenvalue weighted by molar-refractivity contribution is 0.0688. The summed E-state index contributed by atoms with van der Waals surface area (Å²) in [4.78, 5) is 15.4. The van der Waals surface area contributed by atoms with Gasteiger partial charge in [-0.15, -0.1) is 5.10 Å². The molecule has 19 heavy (non-hydrogen) atoms. The van der Waals surface area contributed by atoms with E-state index in [0.29, 0.717) is 16.8 Å². The van der Waals surface area contributed by atoms with E-state index in [2.05, 4.69) is 15.2 Å². The second kappa shape index (κ2) is 3.80. The Morgan fingerprint density at radius 1 is 1.42 bits per heavy atom. The Kier molecular flexibility index (Phi) is 2.24. The Bertz CT molecular complexity index is 788. The second-order valence-corrected chi connectivity index (χ2v) is 4.04. The maximum atomic E-state index is 11.5. The Labute approximate surface area is 107 Å². The van der Waals surface area contributed by atoms with E-state index in [9.17, 15) is 9.90 Å². The topological polar surface area (TPSA) is 111 Å². The van der Waals surface area contributed by atoms with E-state index in [1.165, 1.54) is 4.52 Å². The third-order valence-electron chi connectivity index (χ3n) is 2.73. The number of aromatic nitrogens is 5. The summed E-state index contributed by atoms with van der Waals surface area (Å²) in [7, 11) is 1.76. The summed E-state index contributed by atoms with van der Waals surface area (Å²) in [6.07, 6.45) is 3.32. The number of nitrogens with two attached hydrogens (primary N) is 1. The number of carboxylic acids is 1. The van der Waals surface area contributed by atoms with Gasteiger partial charge in [0.1, 0.15) is 0 Å². The van der Waals surface area contributed by atoms with Gasteiger partial charge in [-0.25, -0.2) is 9.31 Å². The zero-order valence-corrected chi connectivity index (χ0v) is 9.98. The van der Waals surface area contributed by atoms with Crippen molar-refractivity contribution < 1.29 is 9.90 Å². The molecule has 3 N–H and O–H groups in total. The van der Waals surface area contributed by atoms with E-state index >= 15 is 0 Å². The van der Waals surface area contributed by atoms with Crippen LogP contribution in [-0.4, -0.2) is 35.5 Å². The number of anilines is 1. The number of hydrogen-bond acceptors (Lipinski definition) is 5. The van der Waals surface area contributed by atoms with Crippen molar-refractivity contribution in [2.75, 3.05) is 5.73 Å². The molecule has 3 aromatic heterocycles. The van der Waals surface area contributed by atoms with Crippen molar-refractivity contribution >= 4 is 17.6 Å². The van der Waals surface area contributed by atoms with Crippen molar-refractivity contribution in [3.05, 3.63) is 30.2 Å². The molecule has 96 valence electrons. The maximum Gasteiger partial charge on any atom is 0.355 e.